The lowest BCUT2D eigenvalue weighted by atomic mass is 10.3. The molecule has 0 radical (unpaired) electrons. The molecule has 0 aliphatic carbocycles. The molecule has 0 aromatic rings. The molecule has 0 aromatic carbocycles. The molecule has 0 atom stereocenters. The Labute approximate surface area is 85.7 Å². The van der Waals surface area contributed by atoms with Crippen LogP contribution in [0.15, 0.2) is 0 Å². The second-order valence-corrected chi connectivity index (χ2v) is 3.40. The Bertz CT molecular complexity index is 201. The number of nitrogens with two attached hydrogens (primary N) is 1. The van der Waals surface area contributed by atoms with Gasteiger partial charge in [0.25, 0.3) is 0 Å². The zero-order chi connectivity index (χ0) is 10.2. The Morgan fingerprint density at radius 1 is 1.07 bits per heavy atom. The second kappa shape index (κ2) is 6.80. The standard InChI is InChI=1S/C10H19N3O/c11-3-1-2-4-12-5-7-13(8-6-12)9-10-14/h14H,3-11H2. The van der Waals surface area contributed by atoms with Gasteiger partial charge in [-0.3, -0.25) is 9.80 Å². The van der Waals surface area contributed by atoms with Crippen molar-refractivity contribution >= 4 is 0 Å². The van der Waals surface area contributed by atoms with Crippen molar-refractivity contribution in [1.82, 2.24) is 9.80 Å². The molecule has 0 saturated carbocycles. The first kappa shape index (κ1) is 11.5. The topological polar surface area (TPSA) is 52.7 Å². The Kier molecular flexibility index (Phi) is 5.57. The third-order valence-electron chi connectivity index (χ3n) is 2.41. The fourth-order valence-corrected chi connectivity index (χ4v) is 1.55. The Morgan fingerprint density at radius 3 is 2.29 bits per heavy atom. The molecule has 4 nitrogen and oxygen atoms in total. The van der Waals surface area contributed by atoms with Gasteiger partial charge >= 0.3 is 0 Å². The summed E-state index contributed by atoms with van der Waals surface area (Å²) in [5, 5.41) is 8.77. The molecule has 1 rings (SSSR count). The Balaban J connectivity index is 2.15. The molecular formula is C10H19N3O. The summed E-state index contributed by atoms with van der Waals surface area (Å²) in [6.07, 6.45) is 0. The monoisotopic (exact) mass is 197 g/mol. The summed E-state index contributed by atoms with van der Waals surface area (Å²) in [5.74, 6) is 5.90. The highest BCUT2D eigenvalue weighted by atomic mass is 16.3. The third kappa shape index (κ3) is 4.07. The van der Waals surface area contributed by atoms with Crippen LogP contribution in [0.5, 0.6) is 0 Å². The fraction of sp³-hybridized carbons (Fsp3) is 0.800. The van der Waals surface area contributed by atoms with Gasteiger partial charge < -0.3 is 10.8 Å². The molecule has 0 amide bonds. The van der Waals surface area contributed by atoms with E-state index in [1.807, 2.05) is 0 Å². The van der Waals surface area contributed by atoms with Crippen LogP contribution in [0.2, 0.25) is 0 Å². The van der Waals surface area contributed by atoms with Crippen LogP contribution in [0.25, 0.3) is 0 Å². The van der Waals surface area contributed by atoms with E-state index in [1.165, 1.54) is 0 Å². The van der Waals surface area contributed by atoms with Crippen molar-refractivity contribution < 1.29 is 5.11 Å². The predicted molar refractivity (Wildman–Crippen MR) is 56.8 cm³/mol. The highest BCUT2D eigenvalue weighted by Crippen LogP contribution is 1.99. The molecule has 4 heteroatoms. The number of β-amino-alcohol motifs (C(OH)–C–C–N with tert-alkyl or cyclic N) is 1. The van der Waals surface area contributed by atoms with Gasteiger partial charge in [-0.1, -0.05) is 11.8 Å². The number of piperazine rings is 1. The van der Waals surface area contributed by atoms with E-state index in [-0.39, 0.29) is 6.61 Å². The van der Waals surface area contributed by atoms with Crippen LogP contribution < -0.4 is 5.73 Å². The van der Waals surface area contributed by atoms with Crippen molar-refractivity contribution in [3.63, 3.8) is 0 Å². The number of aliphatic hydroxyl groups is 1. The number of aliphatic hydroxyl groups excluding tert-OH is 1. The molecule has 0 unspecified atom stereocenters. The number of hydrogen-bond acceptors (Lipinski definition) is 4. The highest BCUT2D eigenvalue weighted by molar-refractivity contribution is 5.02. The molecule has 14 heavy (non-hydrogen) atoms. The number of nitrogens with zero attached hydrogens (tertiary/aromatic N) is 2. The average Bonchev–Trinajstić information content (AvgIpc) is 2.21. The van der Waals surface area contributed by atoms with E-state index < -0.39 is 0 Å². The van der Waals surface area contributed by atoms with Crippen molar-refractivity contribution in [2.24, 2.45) is 5.73 Å². The van der Waals surface area contributed by atoms with Crippen LogP contribution in [0.1, 0.15) is 0 Å². The first-order valence-corrected chi connectivity index (χ1v) is 5.08. The minimum atomic E-state index is 0.257. The molecule has 3 N–H and O–H groups in total. The Morgan fingerprint density at radius 2 is 1.71 bits per heavy atom. The lowest BCUT2D eigenvalue weighted by Gasteiger charge is -2.33. The van der Waals surface area contributed by atoms with Crippen LogP contribution in [-0.4, -0.2) is 67.3 Å². The van der Waals surface area contributed by atoms with Crippen LogP contribution >= 0.6 is 0 Å². The molecule has 1 fully saturated rings. The summed E-state index contributed by atoms with van der Waals surface area (Å²) in [5.41, 5.74) is 5.28. The van der Waals surface area contributed by atoms with Gasteiger partial charge in [-0.25, -0.2) is 0 Å². The van der Waals surface area contributed by atoms with Crippen molar-refractivity contribution in [2.45, 2.75) is 0 Å². The van der Waals surface area contributed by atoms with E-state index in [4.69, 9.17) is 10.8 Å². The number of rotatable bonds is 3. The van der Waals surface area contributed by atoms with Gasteiger partial charge in [0.15, 0.2) is 0 Å². The van der Waals surface area contributed by atoms with Gasteiger partial charge in [0, 0.05) is 32.7 Å². The van der Waals surface area contributed by atoms with Gasteiger partial charge in [-0.2, -0.15) is 0 Å². The Hall–Kier alpha value is -0.600. The predicted octanol–water partition coefficient (Wildman–Crippen LogP) is -1.44. The van der Waals surface area contributed by atoms with E-state index in [0.717, 1.165) is 39.3 Å². The average molecular weight is 197 g/mol. The van der Waals surface area contributed by atoms with Crippen molar-refractivity contribution in [1.29, 1.82) is 0 Å². The lowest BCUT2D eigenvalue weighted by Crippen LogP contribution is -2.47. The SMILES string of the molecule is NCC#CCN1CCN(CCO)CC1. The molecule has 0 bridgehead atoms. The van der Waals surface area contributed by atoms with Crippen LogP contribution in [-0.2, 0) is 0 Å². The summed E-state index contributed by atoms with van der Waals surface area (Å²) >= 11 is 0. The van der Waals surface area contributed by atoms with Crippen LogP contribution in [0.4, 0.5) is 0 Å². The maximum absolute atomic E-state index is 8.77. The second-order valence-electron chi connectivity index (χ2n) is 3.40. The summed E-state index contributed by atoms with van der Waals surface area (Å²) in [7, 11) is 0. The van der Waals surface area contributed by atoms with Crippen molar-refractivity contribution in [3.05, 3.63) is 0 Å². The zero-order valence-corrected chi connectivity index (χ0v) is 8.58. The van der Waals surface area contributed by atoms with Crippen LogP contribution in [0.3, 0.4) is 0 Å². The first-order chi connectivity index (χ1) is 6.86. The van der Waals surface area contributed by atoms with E-state index in [0.29, 0.717) is 6.54 Å². The minimum absolute atomic E-state index is 0.257. The molecule has 0 spiro atoms. The van der Waals surface area contributed by atoms with Crippen molar-refractivity contribution in [2.75, 3.05) is 52.4 Å². The minimum Gasteiger partial charge on any atom is -0.395 e. The molecule has 0 aromatic heterocycles. The maximum atomic E-state index is 8.77. The molecule has 80 valence electrons. The van der Waals surface area contributed by atoms with E-state index >= 15 is 0 Å². The summed E-state index contributed by atoms with van der Waals surface area (Å²) in [6, 6.07) is 0. The molecule has 1 heterocycles. The first-order valence-electron chi connectivity index (χ1n) is 5.08. The van der Waals surface area contributed by atoms with E-state index in [2.05, 4.69) is 21.6 Å². The maximum Gasteiger partial charge on any atom is 0.0602 e. The lowest BCUT2D eigenvalue weighted by molar-refractivity contribution is 0.121. The van der Waals surface area contributed by atoms with Gasteiger partial charge in [0.2, 0.25) is 0 Å². The van der Waals surface area contributed by atoms with Gasteiger partial charge in [-0.15, -0.1) is 0 Å². The van der Waals surface area contributed by atoms with Gasteiger partial charge in [0.05, 0.1) is 19.7 Å². The fourth-order valence-electron chi connectivity index (χ4n) is 1.55. The highest BCUT2D eigenvalue weighted by Gasteiger charge is 2.14. The molecular weight excluding hydrogens is 178 g/mol. The summed E-state index contributed by atoms with van der Waals surface area (Å²) < 4.78 is 0. The summed E-state index contributed by atoms with van der Waals surface area (Å²) in [6.45, 7) is 6.47. The molecule has 1 aliphatic heterocycles. The smallest absolute Gasteiger partial charge is 0.0602 e. The van der Waals surface area contributed by atoms with E-state index in [9.17, 15) is 0 Å². The number of hydrogen-bond donors (Lipinski definition) is 2. The quantitative estimate of drug-likeness (QED) is 0.544. The normalized spacial score (nSPS) is 19.0. The van der Waals surface area contributed by atoms with Crippen LogP contribution in [0, 0.1) is 11.8 Å². The summed E-state index contributed by atoms with van der Waals surface area (Å²) in [4.78, 5) is 4.59. The zero-order valence-electron chi connectivity index (χ0n) is 8.58. The molecule has 1 saturated heterocycles. The largest absolute Gasteiger partial charge is 0.395 e. The van der Waals surface area contributed by atoms with E-state index in [1.54, 1.807) is 0 Å². The van der Waals surface area contributed by atoms with Gasteiger partial charge in [-0.05, 0) is 0 Å². The molecule has 1 aliphatic rings. The van der Waals surface area contributed by atoms with Gasteiger partial charge in [0.1, 0.15) is 0 Å². The van der Waals surface area contributed by atoms with Crippen molar-refractivity contribution in [3.8, 4) is 11.8 Å². The third-order valence-corrected chi connectivity index (χ3v) is 2.41.